The second kappa shape index (κ2) is 9.63. The van der Waals surface area contributed by atoms with Gasteiger partial charge in [-0.05, 0) is 55.5 Å². The third-order valence-electron chi connectivity index (χ3n) is 4.99. The Balaban J connectivity index is 1.51. The average molecular weight is 459 g/mol. The number of hydrogen-bond donors (Lipinski definition) is 1. The number of fused-ring (bicyclic) bond motifs is 1. The van der Waals surface area contributed by atoms with Crippen LogP contribution in [0.25, 0.3) is 22.2 Å². The van der Waals surface area contributed by atoms with Crippen LogP contribution in [0.3, 0.4) is 0 Å². The number of aromatic nitrogens is 1. The zero-order valence-electron chi connectivity index (χ0n) is 17.7. The lowest BCUT2D eigenvalue weighted by Gasteiger charge is -2.11. The summed E-state index contributed by atoms with van der Waals surface area (Å²) in [7, 11) is 0. The van der Waals surface area contributed by atoms with Gasteiger partial charge < -0.3 is 10.1 Å². The molecule has 0 saturated carbocycles. The lowest BCUT2D eigenvalue weighted by atomic mass is 10.0. The number of carbonyl (C=O) groups excluding carboxylic acids is 3. The van der Waals surface area contributed by atoms with Crippen molar-refractivity contribution in [1.29, 1.82) is 0 Å². The van der Waals surface area contributed by atoms with Crippen LogP contribution >= 0.6 is 11.6 Å². The Labute approximate surface area is 195 Å². The maximum absolute atomic E-state index is 12.9. The van der Waals surface area contributed by atoms with Crippen LogP contribution < -0.4 is 5.32 Å². The Morgan fingerprint density at radius 2 is 1.64 bits per heavy atom. The van der Waals surface area contributed by atoms with E-state index in [2.05, 4.69) is 10.3 Å². The summed E-state index contributed by atoms with van der Waals surface area (Å²) < 4.78 is 5.29. The molecule has 0 aliphatic carbocycles. The van der Waals surface area contributed by atoms with E-state index in [4.69, 9.17) is 16.3 Å². The maximum atomic E-state index is 12.9. The minimum atomic E-state index is -0.633. The summed E-state index contributed by atoms with van der Waals surface area (Å²) in [5, 5.41) is 3.87. The second-order valence-corrected chi connectivity index (χ2v) is 7.77. The number of para-hydroxylation sites is 1. The molecule has 0 bridgehead atoms. The van der Waals surface area contributed by atoms with Gasteiger partial charge in [0.15, 0.2) is 12.4 Å². The van der Waals surface area contributed by atoms with E-state index in [0.717, 1.165) is 5.56 Å². The van der Waals surface area contributed by atoms with Crippen molar-refractivity contribution >= 4 is 45.9 Å². The zero-order chi connectivity index (χ0) is 23.4. The van der Waals surface area contributed by atoms with Gasteiger partial charge in [0.1, 0.15) is 0 Å². The van der Waals surface area contributed by atoms with Gasteiger partial charge in [-0.3, -0.25) is 9.59 Å². The van der Waals surface area contributed by atoms with Crippen molar-refractivity contribution in [3.63, 3.8) is 0 Å². The van der Waals surface area contributed by atoms with Crippen molar-refractivity contribution < 1.29 is 19.1 Å². The number of halogens is 1. The van der Waals surface area contributed by atoms with Crippen molar-refractivity contribution in [2.75, 3.05) is 11.9 Å². The lowest BCUT2D eigenvalue weighted by molar-refractivity contribution is -0.119. The smallest absolute Gasteiger partial charge is 0.339 e. The molecule has 33 heavy (non-hydrogen) atoms. The fourth-order valence-corrected chi connectivity index (χ4v) is 3.43. The number of Topliss-reactive ketones (excluding diaryl/α,β-unsaturated/α-hetero) is 1. The fraction of sp³-hybridized carbons (Fsp3) is 0.0769. The first kappa shape index (κ1) is 22.2. The Kier molecular flexibility index (Phi) is 6.47. The third-order valence-corrected chi connectivity index (χ3v) is 5.24. The highest BCUT2D eigenvalue weighted by Gasteiger charge is 2.17. The maximum Gasteiger partial charge on any atom is 0.339 e. The Morgan fingerprint density at radius 3 is 2.33 bits per heavy atom. The molecular formula is C26H19ClN2O4. The number of ketones is 1. The summed E-state index contributed by atoms with van der Waals surface area (Å²) >= 11 is 5.98. The van der Waals surface area contributed by atoms with Gasteiger partial charge in [0, 0.05) is 27.2 Å². The molecule has 0 spiro atoms. The van der Waals surface area contributed by atoms with Crippen molar-refractivity contribution in [2.45, 2.75) is 6.92 Å². The van der Waals surface area contributed by atoms with Crippen LogP contribution in [0.15, 0.2) is 78.9 Å². The molecule has 0 saturated heterocycles. The number of hydrogen-bond acceptors (Lipinski definition) is 5. The van der Waals surface area contributed by atoms with Gasteiger partial charge >= 0.3 is 5.97 Å². The fourth-order valence-electron chi connectivity index (χ4n) is 3.31. The van der Waals surface area contributed by atoms with Crippen molar-refractivity contribution in [3.05, 3.63) is 95.0 Å². The Bertz CT molecular complexity index is 1350. The van der Waals surface area contributed by atoms with Crippen LogP contribution in [0.5, 0.6) is 0 Å². The van der Waals surface area contributed by atoms with Gasteiger partial charge in [-0.2, -0.15) is 0 Å². The largest absolute Gasteiger partial charge is 0.452 e. The molecule has 7 heteroatoms. The van der Waals surface area contributed by atoms with Gasteiger partial charge in [0.25, 0.3) is 5.91 Å². The molecule has 4 rings (SSSR count). The van der Waals surface area contributed by atoms with E-state index in [9.17, 15) is 14.4 Å². The van der Waals surface area contributed by atoms with Gasteiger partial charge in [-0.1, -0.05) is 41.9 Å². The number of benzene rings is 3. The third kappa shape index (κ3) is 5.25. The van der Waals surface area contributed by atoms with E-state index in [-0.39, 0.29) is 5.78 Å². The number of anilines is 1. The van der Waals surface area contributed by atoms with Crippen molar-refractivity contribution in [3.8, 4) is 11.3 Å². The summed E-state index contributed by atoms with van der Waals surface area (Å²) in [5.74, 6) is -1.19. The first-order chi connectivity index (χ1) is 15.9. The minimum absolute atomic E-state index is 0.0654. The molecule has 164 valence electrons. The summed E-state index contributed by atoms with van der Waals surface area (Å²) in [5.41, 5.74) is 3.37. The minimum Gasteiger partial charge on any atom is -0.452 e. The highest BCUT2D eigenvalue weighted by atomic mass is 35.5. The molecule has 1 aromatic heterocycles. The van der Waals surface area contributed by atoms with E-state index < -0.39 is 18.5 Å². The number of esters is 1. The Hall–Kier alpha value is -4.03. The number of ether oxygens (including phenoxy) is 1. The van der Waals surface area contributed by atoms with Crippen molar-refractivity contribution in [1.82, 2.24) is 4.98 Å². The second-order valence-electron chi connectivity index (χ2n) is 7.34. The normalized spacial score (nSPS) is 10.6. The molecular weight excluding hydrogens is 440 g/mol. The molecule has 0 aliphatic rings. The van der Waals surface area contributed by atoms with Crippen molar-refractivity contribution in [2.24, 2.45) is 0 Å². The van der Waals surface area contributed by atoms with Gasteiger partial charge in [0.2, 0.25) is 0 Å². The molecule has 0 fully saturated rings. The van der Waals surface area contributed by atoms with Gasteiger partial charge in [0.05, 0.1) is 16.8 Å². The molecule has 0 aliphatic heterocycles. The topological polar surface area (TPSA) is 85.4 Å². The molecule has 4 aromatic rings. The number of carbonyl (C=O) groups is 3. The van der Waals surface area contributed by atoms with Crippen LogP contribution in [0.1, 0.15) is 27.6 Å². The number of rotatable bonds is 6. The number of amides is 1. The van der Waals surface area contributed by atoms with Crippen LogP contribution in [-0.2, 0) is 9.53 Å². The molecule has 0 atom stereocenters. The van der Waals surface area contributed by atoms with Crippen LogP contribution in [0.2, 0.25) is 5.02 Å². The summed E-state index contributed by atoms with van der Waals surface area (Å²) in [6, 6.07) is 22.5. The summed E-state index contributed by atoms with van der Waals surface area (Å²) in [6.45, 7) is 1.01. The standard InChI is InChI=1S/C26H19ClN2O4/c1-16(30)17-8-12-20(13-9-17)28-25(31)15-33-26(32)22-14-24(18-6-10-19(27)11-7-18)29-23-5-3-2-4-21(22)23/h2-14H,15H2,1H3,(H,28,31). The summed E-state index contributed by atoms with van der Waals surface area (Å²) in [4.78, 5) is 41.1. The molecule has 0 unspecified atom stereocenters. The zero-order valence-corrected chi connectivity index (χ0v) is 18.4. The quantitative estimate of drug-likeness (QED) is 0.302. The molecule has 0 radical (unpaired) electrons. The number of pyridine rings is 1. The molecule has 1 N–H and O–H groups in total. The van der Waals surface area contributed by atoms with E-state index >= 15 is 0 Å². The first-order valence-corrected chi connectivity index (χ1v) is 10.5. The lowest BCUT2D eigenvalue weighted by Crippen LogP contribution is -2.21. The van der Waals surface area contributed by atoms with Crippen LogP contribution in [-0.4, -0.2) is 29.3 Å². The SMILES string of the molecule is CC(=O)c1ccc(NC(=O)COC(=O)c2cc(-c3ccc(Cl)cc3)nc3ccccc23)cc1. The number of nitrogens with one attached hydrogen (secondary N) is 1. The molecule has 3 aromatic carbocycles. The van der Waals surface area contributed by atoms with Gasteiger partial charge in [-0.25, -0.2) is 9.78 Å². The Morgan fingerprint density at radius 1 is 0.939 bits per heavy atom. The predicted molar refractivity (Wildman–Crippen MR) is 128 cm³/mol. The van der Waals surface area contributed by atoms with Crippen LogP contribution in [0, 0.1) is 0 Å². The molecule has 1 heterocycles. The van der Waals surface area contributed by atoms with E-state index in [1.807, 2.05) is 24.3 Å². The summed E-state index contributed by atoms with van der Waals surface area (Å²) in [6.07, 6.45) is 0. The first-order valence-electron chi connectivity index (χ1n) is 10.1. The van der Waals surface area contributed by atoms with E-state index in [0.29, 0.717) is 38.4 Å². The highest BCUT2D eigenvalue weighted by molar-refractivity contribution is 6.30. The monoisotopic (exact) mass is 458 g/mol. The van der Waals surface area contributed by atoms with Gasteiger partial charge in [-0.15, -0.1) is 0 Å². The molecule has 6 nitrogen and oxygen atoms in total. The van der Waals surface area contributed by atoms with E-state index in [1.54, 1.807) is 54.6 Å². The average Bonchev–Trinajstić information content (AvgIpc) is 2.82. The highest BCUT2D eigenvalue weighted by Crippen LogP contribution is 2.26. The van der Waals surface area contributed by atoms with E-state index in [1.165, 1.54) is 6.92 Å². The molecule has 1 amide bonds. The number of nitrogens with zero attached hydrogens (tertiary/aromatic N) is 1. The van der Waals surface area contributed by atoms with Crippen LogP contribution in [0.4, 0.5) is 5.69 Å². The predicted octanol–water partition coefficient (Wildman–Crippen LogP) is 5.55.